The number of rotatable bonds is 4. The van der Waals surface area contributed by atoms with Gasteiger partial charge in [-0.25, -0.2) is 0 Å². The molecular weight excluding hydrogens is 292 g/mol. The van der Waals surface area contributed by atoms with Gasteiger partial charge in [0.25, 0.3) is 0 Å². The average Bonchev–Trinajstić information content (AvgIpc) is 2.82. The van der Waals surface area contributed by atoms with Crippen LogP contribution in [0.2, 0.25) is 0 Å². The lowest BCUT2D eigenvalue weighted by Gasteiger charge is -2.39. The van der Waals surface area contributed by atoms with Gasteiger partial charge in [0.15, 0.2) is 0 Å². The maximum Gasteiger partial charge on any atom is 0.0433 e. The van der Waals surface area contributed by atoms with E-state index in [2.05, 4.69) is 13.8 Å². The first kappa shape index (κ1) is 18.7. The van der Waals surface area contributed by atoms with Gasteiger partial charge in [-0.05, 0) is 86.4 Å². The van der Waals surface area contributed by atoms with Crippen LogP contribution in [-0.2, 0) is 0 Å². The van der Waals surface area contributed by atoms with Crippen molar-refractivity contribution in [3.63, 3.8) is 0 Å². The fourth-order valence-electron chi connectivity index (χ4n) is 6.69. The molecule has 0 bridgehead atoms. The summed E-state index contributed by atoms with van der Waals surface area (Å²) >= 11 is 0. The van der Waals surface area contributed by atoms with E-state index in [-0.39, 0.29) is 0 Å². The molecule has 3 aliphatic carbocycles. The molecule has 0 aromatic heterocycles. The predicted octanol–water partition coefficient (Wildman–Crippen LogP) is 6.44. The molecule has 0 spiro atoms. The largest absolute Gasteiger partial charge is 0.396 e. The van der Waals surface area contributed by atoms with E-state index in [1.807, 2.05) is 0 Å². The normalized spacial score (nSPS) is 44.9. The van der Waals surface area contributed by atoms with Crippen LogP contribution in [0.15, 0.2) is 0 Å². The number of aliphatic hydroxyl groups is 1. The minimum absolute atomic E-state index is 0.396. The molecule has 1 N–H and O–H groups in total. The molecule has 140 valence electrons. The van der Waals surface area contributed by atoms with Gasteiger partial charge in [-0.1, -0.05) is 52.4 Å². The van der Waals surface area contributed by atoms with Crippen molar-refractivity contribution in [2.75, 3.05) is 6.61 Å². The SMILES string of the molecule is CC1CCC(C2CCCC(C3CCC(CCO)CC3C)CC2)CC1. The Kier molecular flexibility index (Phi) is 7.07. The molecule has 1 heteroatoms. The zero-order chi connectivity index (χ0) is 16.9. The van der Waals surface area contributed by atoms with E-state index < -0.39 is 0 Å². The summed E-state index contributed by atoms with van der Waals surface area (Å²) in [6.45, 7) is 5.36. The lowest BCUT2D eigenvalue weighted by molar-refractivity contribution is 0.108. The second kappa shape index (κ2) is 9.06. The quantitative estimate of drug-likeness (QED) is 0.586. The van der Waals surface area contributed by atoms with Gasteiger partial charge in [0.05, 0.1) is 0 Å². The molecule has 1 nitrogen and oxygen atoms in total. The highest BCUT2D eigenvalue weighted by molar-refractivity contribution is 4.86. The lowest BCUT2D eigenvalue weighted by atomic mass is 9.67. The summed E-state index contributed by atoms with van der Waals surface area (Å²) in [4.78, 5) is 0. The molecule has 0 heterocycles. The first-order valence-electron chi connectivity index (χ1n) is 11.3. The molecule has 0 amide bonds. The molecule has 3 rings (SSSR count). The third-order valence-electron chi connectivity index (χ3n) is 8.27. The molecule has 3 saturated carbocycles. The molecule has 3 fully saturated rings. The molecule has 5 unspecified atom stereocenters. The second-order valence-corrected chi connectivity index (χ2v) is 9.88. The Balaban J connectivity index is 1.48. The summed E-state index contributed by atoms with van der Waals surface area (Å²) in [5, 5.41) is 9.23. The molecule has 24 heavy (non-hydrogen) atoms. The van der Waals surface area contributed by atoms with E-state index in [0.717, 1.165) is 47.8 Å². The van der Waals surface area contributed by atoms with Crippen LogP contribution >= 0.6 is 0 Å². The number of aliphatic hydroxyl groups excluding tert-OH is 1. The third kappa shape index (κ3) is 4.77. The Bertz CT molecular complexity index is 357. The van der Waals surface area contributed by atoms with Gasteiger partial charge >= 0.3 is 0 Å². The first-order valence-corrected chi connectivity index (χ1v) is 11.3. The van der Waals surface area contributed by atoms with Crippen molar-refractivity contribution in [1.29, 1.82) is 0 Å². The van der Waals surface area contributed by atoms with Gasteiger partial charge in [-0.15, -0.1) is 0 Å². The van der Waals surface area contributed by atoms with Crippen LogP contribution < -0.4 is 0 Å². The maximum absolute atomic E-state index is 9.23. The zero-order valence-electron chi connectivity index (χ0n) is 16.4. The van der Waals surface area contributed by atoms with Crippen LogP contribution in [-0.4, -0.2) is 11.7 Å². The standard InChI is InChI=1S/C23H42O/c1-17-6-9-21(10-7-17)20-4-3-5-22(12-11-20)23-13-8-19(14-15-24)16-18(23)2/h17-24H,3-16H2,1-2H3. The molecular formula is C23H42O. The molecule has 0 aromatic carbocycles. The van der Waals surface area contributed by atoms with Crippen molar-refractivity contribution < 1.29 is 5.11 Å². The Morgan fingerprint density at radius 3 is 2.04 bits per heavy atom. The third-order valence-corrected chi connectivity index (χ3v) is 8.27. The topological polar surface area (TPSA) is 20.2 Å². The lowest BCUT2D eigenvalue weighted by Crippen LogP contribution is -2.29. The van der Waals surface area contributed by atoms with Crippen molar-refractivity contribution in [2.24, 2.45) is 41.4 Å². The second-order valence-electron chi connectivity index (χ2n) is 9.88. The van der Waals surface area contributed by atoms with Crippen LogP contribution in [0.25, 0.3) is 0 Å². The van der Waals surface area contributed by atoms with Gasteiger partial charge in [0.2, 0.25) is 0 Å². The first-order chi connectivity index (χ1) is 11.7. The zero-order valence-corrected chi connectivity index (χ0v) is 16.4. The molecule has 0 radical (unpaired) electrons. The average molecular weight is 335 g/mol. The van der Waals surface area contributed by atoms with Gasteiger partial charge in [0.1, 0.15) is 0 Å². The summed E-state index contributed by atoms with van der Waals surface area (Å²) in [5.41, 5.74) is 0. The monoisotopic (exact) mass is 334 g/mol. The molecule has 0 aliphatic heterocycles. The Morgan fingerprint density at radius 1 is 0.708 bits per heavy atom. The number of hydrogen-bond donors (Lipinski definition) is 1. The number of hydrogen-bond acceptors (Lipinski definition) is 1. The van der Waals surface area contributed by atoms with E-state index in [9.17, 15) is 5.11 Å². The predicted molar refractivity (Wildman–Crippen MR) is 103 cm³/mol. The van der Waals surface area contributed by atoms with E-state index in [1.165, 1.54) is 77.0 Å². The van der Waals surface area contributed by atoms with E-state index in [4.69, 9.17) is 0 Å². The van der Waals surface area contributed by atoms with Crippen molar-refractivity contribution in [2.45, 2.75) is 97.3 Å². The molecule has 5 atom stereocenters. The van der Waals surface area contributed by atoms with Crippen LogP contribution in [0.1, 0.15) is 97.3 Å². The Morgan fingerprint density at radius 2 is 1.33 bits per heavy atom. The van der Waals surface area contributed by atoms with Gasteiger partial charge in [0, 0.05) is 6.61 Å². The van der Waals surface area contributed by atoms with Crippen molar-refractivity contribution in [1.82, 2.24) is 0 Å². The van der Waals surface area contributed by atoms with Crippen LogP contribution in [0, 0.1) is 41.4 Å². The molecule has 0 saturated heterocycles. The van der Waals surface area contributed by atoms with E-state index in [0.29, 0.717) is 6.61 Å². The van der Waals surface area contributed by atoms with Crippen LogP contribution in [0.5, 0.6) is 0 Å². The molecule has 0 aromatic rings. The summed E-state index contributed by atoms with van der Waals surface area (Å²) < 4.78 is 0. The van der Waals surface area contributed by atoms with Crippen LogP contribution in [0.4, 0.5) is 0 Å². The van der Waals surface area contributed by atoms with Crippen molar-refractivity contribution in [3.8, 4) is 0 Å². The van der Waals surface area contributed by atoms with Crippen molar-refractivity contribution >= 4 is 0 Å². The van der Waals surface area contributed by atoms with Gasteiger partial charge < -0.3 is 5.11 Å². The van der Waals surface area contributed by atoms with E-state index >= 15 is 0 Å². The van der Waals surface area contributed by atoms with Gasteiger partial charge in [-0.2, -0.15) is 0 Å². The fourth-order valence-corrected chi connectivity index (χ4v) is 6.69. The highest BCUT2D eigenvalue weighted by Gasteiger charge is 2.35. The van der Waals surface area contributed by atoms with Crippen molar-refractivity contribution in [3.05, 3.63) is 0 Å². The summed E-state index contributed by atoms with van der Waals surface area (Å²) in [6.07, 6.45) is 18.9. The summed E-state index contributed by atoms with van der Waals surface area (Å²) in [6, 6.07) is 0. The smallest absolute Gasteiger partial charge is 0.0433 e. The minimum Gasteiger partial charge on any atom is -0.396 e. The molecule has 3 aliphatic rings. The highest BCUT2D eigenvalue weighted by atomic mass is 16.3. The van der Waals surface area contributed by atoms with E-state index in [1.54, 1.807) is 0 Å². The Labute approximate surface area is 151 Å². The van der Waals surface area contributed by atoms with Crippen LogP contribution in [0.3, 0.4) is 0 Å². The summed E-state index contributed by atoms with van der Waals surface area (Å²) in [5.74, 6) is 6.83. The highest BCUT2D eigenvalue weighted by Crippen LogP contribution is 2.46. The minimum atomic E-state index is 0.396. The van der Waals surface area contributed by atoms with Gasteiger partial charge in [-0.3, -0.25) is 0 Å². The maximum atomic E-state index is 9.23. The Hall–Kier alpha value is -0.0400. The fraction of sp³-hybridized carbons (Fsp3) is 1.00. The summed E-state index contributed by atoms with van der Waals surface area (Å²) in [7, 11) is 0.